The quantitative estimate of drug-likeness (QED) is 0.844. The Balaban J connectivity index is 2.04. The molecule has 2 heterocycles. The van der Waals surface area contributed by atoms with Gasteiger partial charge in [0.1, 0.15) is 13.2 Å². The van der Waals surface area contributed by atoms with Crippen molar-refractivity contribution in [1.82, 2.24) is 4.90 Å². The SMILES string of the molecule is CCC(=O)C1=C(O)C(=O)N(CCOC)C1c1ccc2c(c1)OCCO2. The molecule has 134 valence electrons. The van der Waals surface area contributed by atoms with Crippen LogP contribution in [0.5, 0.6) is 11.5 Å². The zero-order valence-electron chi connectivity index (χ0n) is 14.3. The van der Waals surface area contributed by atoms with Crippen LogP contribution in [-0.2, 0) is 14.3 Å². The average Bonchev–Trinajstić information content (AvgIpc) is 2.90. The Hall–Kier alpha value is -2.54. The fourth-order valence-electron chi connectivity index (χ4n) is 3.13. The molecule has 0 saturated carbocycles. The Bertz CT molecular complexity index is 726. The van der Waals surface area contributed by atoms with Crippen LogP contribution >= 0.6 is 0 Å². The van der Waals surface area contributed by atoms with E-state index < -0.39 is 17.7 Å². The third-order valence-corrected chi connectivity index (χ3v) is 4.34. The molecule has 2 aliphatic heterocycles. The standard InChI is InChI=1S/C18H21NO6/c1-3-12(20)15-16(19(6-7-23-2)18(22)17(15)21)11-4-5-13-14(10-11)25-9-8-24-13/h4-5,10,16,21H,3,6-9H2,1-2H3. The number of hydrogen-bond donors (Lipinski definition) is 1. The van der Waals surface area contributed by atoms with Gasteiger partial charge in [0.2, 0.25) is 0 Å². The van der Waals surface area contributed by atoms with Gasteiger partial charge in [0.05, 0.1) is 18.2 Å². The topological polar surface area (TPSA) is 85.3 Å². The zero-order chi connectivity index (χ0) is 18.0. The van der Waals surface area contributed by atoms with Gasteiger partial charge in [-0.1, -0.05) is 13.0 Å². The molecule has 0 bridgehead atoms. The van der Waals surface area contributed by atoms with E-state index in [1.807, 2.05) is 0 Å². The number of methoxy groups -OCH3 is 1. The van der Waals surface area contributed by atoms with E-state index in [-0.39, 0.29) is 24.3 Å². The molecule has 0 aliphatic carbocycles. The van der Waals surface area contributed by atoms with Crippen molar-refractivity contribution in [2.45, 2.75) is 19.4 Å². The summed E-state index contributed by atoms with van der Waals surface area (Å²) in [7, 11) is 1.53. The van der Waals surface area contributed by atoms with E-state index in [0.29, 0.717) is 36.9 Å². The first-order chi connectivity index (χ1) is 12.1. The molecule has 1 N–H and O–H groups in total. The average molecular weight is 347 g/mol. The number of nitrogens with zero attached hydrogens (tertiary/aromatic N) is 1. The molecular weight excluding hydrogens is 326 g/mol. The minimum Gasteiger partial charge on any atom is -0.503 e. The molecule has 1 aromatic rings. The highest BCUT2D eigenvalue weighted by Gasteiger charge is 2.43. The number of carbonyl (C=O) groups is 2. The second-order valence-electron chi connectivity index (χ2n) is 5.84. The number of aliphatic hydroxyl groups excluding tert-OH is 1. The van der Waals surface area contributed by atoms with Crippen LogP contribution in [0.2, 0.25) is 0 Å². The van der Waals surface area contributed by atoms with Gasteiger partial charge in [-0.2, -0.15) is 0 Å². The van der Waals surface area contributed by atoms with Crippen molar-refractivity contribution in [3.63, 3.8) is 0 Å². The van der Waals surface area contributed by atoms with Gasteiger partial charge in [-0.25, -0.2) is 0 Å². The predicted molar refractivity (Wildman–Crippen MR) is 88.7 cm³/mol. The third-order valence-electron chi connectivity index (χ3n) is 4.34. The Kier molecular flexibility index (Phi) is 4.94. The van der Waals surface area contributed by atoms with Gasteiger partial charge < -0.3 is 24.2 Å². The first kappa shape index (κ1) is 17.3. The highest BCUT2D eigenvalue weighted by Crippen LogP contribution is 2.41. The number of carbonyl (C=O) groups excluding carboxylic acids is 2. The van der Waals surface area contributed by atoms with Crippen LogP contribution in [0.25, 0.3) is 0 Å². The Morgan fingerprint density at radius 2 is 2.04 bits per heavy atom. The Morgan fingerprint density at radius 1 is 1.32 bits per heavy atom. The fraction of sp³-hybridized carbons (Fsp3) is 0.444. The lowest BCUT2D eigenvalue weighted by molar-refractivity contribution is -0.130. The van der Waals surface area contributed by atoms with Crippen LogP contribution in [0, 0.1) is 0 Å². The molecule has 0 radical (unpaired) electrons. The summed E-state index contributed by atoms with van der Waals surface area (Å²) in [6.07, 6.45) is 0.200. The number of ether oxygens (including phenoxy) is 3. The van der Waals surface area contributed by atoms with Crippen molar-refractivity contribution < 1.29 is 28.9 Å². The van der Waals surface area contributed by atoms with Crippen LogP contribution in [0.3, 0.4) is 0 Å². The van der Waals surface area contributed by atoms with Crippen molar-refractivity contribution in [3.8, 4) is 11.5 Å². The van der Waals surface area contributed by atoms with Crippen LogP contribution in [0.1, 0.15) is 24.9 Å². The molecule has 0 spiro atoms. The third kappa shape index (κ3) is 3.07. The van der Waals surface area contributed by atoms with E-state index in [0.717, 1.165) is 0 Å². The van der Waals surface area contributed by atoms with E-state index >= 15 is 0 Å². The van der Waals surface area contributed by atoms with Gasteiger partial charge in [0.15, 0.2) is 23.0 Å². The van der Waals surface area contributed by atoms with Gasteiger partial charge in [0.25, 0.3) is 5.91 Å². The molecule has 0 fully saturated rings. The second kappa shape index (κ2) is 7.14. The molecule has 1 unspecified atom stereocenters. The van der Waals surface area contributed by atoms with Crippen molar-refractivity contribution in [3.05, 3.63) is 35.1 Å². The van der Waals surface area contributed by atoms with Gasteiger partial charge >= 0.3 is 0 Å². The van der Waals surface area contributed by atoms with Gasteiger partial charge in [-0.3, -0.25) is 9.59 Å². The summed E-state index contributed by atoms with van der Waals surface area (Å²) in [6.45, 7) is 3.18. The van der Waals surface area contributed by atoms with Crippen LogP contribution in [0.15, 0.2) is 29.5 Å². The molecular formula is C18H21NO6. The largest absolute Gasteiger partial charge is 0.503 e. The minimum absolute atomic E-state index is 0.125. The van der Waals surface area contributed by atoms with E-state index in [9.17, 15) is 14.7 Å². The molecule has 25 heavy (non-hydrogen) atoms. The molecule has 7 heteroatoms. The summed E-state index contributed by atoms with van der Waals surface area (Å²) in [5.41, 5.74) is 0.815. The van der Waals surface area contributed by atoms with Gasteiger partial charge in [-0.15, -0.1) is 0 Å². The lowest BCUT2D eigenvalue weighted by Gasteiger charge is -2.27. The first-order valence-electron chi connectivity index (χ1n) is 8.24. The van der Waals surface area contributed by atoms with E-state index in [1.165, 1.54) is 12.0 Å². The van der Waals surface area contributed by atoms with E-state index in [4.69, 9.17) is 14.2 Å². The van der Waals surface area contributed by atoms with Crippen molar-refractivity contribution >= 4 is 11.7 Å². The normalized spacial score (nSPS) is 19.5. The molecule has 1 atom stereocenters. The number of Topliss-reactive ketones (excluding diaryl/α,β-unsaturated/α-hetero) is 1. The Morgan fingerprint density at radius 3 is 2.72 bits per heavy atom. The predicted octanol–water partition coefficient (Wildman–Crippen LogP) is 1.78. The van der Waals surface area contributed by atoms with E-state index in [2.05, 4.69) is 0 Å². The highest BCUT2D eigenvalue weighted by atomic mass is 16.6. The summed E-state index contributed by atoms with van der Waals surface area (Å²) in [5.74, 6) is -0.112. The smallest absolute Gasteiger partial charge is 0.290 e. The molecule has 0 saturated heterocycles. The van der Waals surface area contributed by atoms with Crippen molar-refractivity contribution in [2.24, 2.45) is 0 Å². The summed E-state index contributed by atoms with van der Waals surface area (Å²) >= 11 is 0. The monoisotopic (exact) mass is 347 g/mol. The molecule has 2 aliphatic rings. The first-order valence-corrected chi connectivity index (χ1v) is 8.24. The second-order valence-corrected chi connectivity index (χ2v) is 5.84. The number of aliphatic hydroxyl groups is 1. The van der Waals surface area contributed by atoms with Crippen molar-refractivity contribution in [1.29, 1.82) is 0 Å². The zero-order valence-corrected chi connectivity index (χ0v) is 14.3. The van der Waals surface area contributed by atoms with Crippen LogP contribution in [0.4, 0.5) is 0 Å². The molecule has 7 nitrogen and oxygen atoms in total. The highest BCUT2D eigenvalue weighted by molar-refractivity contribution is 6.08. The lowest BCUT2D eigenvalue weighted by atomic mass is 9.94. The fourth-order valence-corrected chi connectivity index (χ4v) is 3.13. The summed E-state index contributed by atoms with van der Waals surface area (Å²) in [4.78, 5) is 26.3. The molecule has 1 aromatic carbocycles. The molecule has 3 rings (SSSR count). The van der Waals surface area contributed by atoms with Gasteiger partial charge in [0, 0.05) is 20.1 Å². The maximum Gasteiger partial charge on any atom is 0.290 e. The maximum absolute atomic E-state index is 12.5. The number of ketones is 1. The van der Waals surface area contributed by atoms with Gasteiger partial charge in [-0.05, 0) is 17.7 Å². The van der Waals surface area contributed by atoms with E-state index in [1.54, 1.807) is 25.1 Å². The number of benzene rings is 1. The lowest BCUT2D eigenvalue weighted by Crippen LogP contribution is -2.34. The summed E-state index contributed by atoms with van der Waals surface area (Å²) in [6, 6.07) is 4.64. The number of fused-ring (bicyclic) bond motifs is 1. The van der Waals surface area contributed by atoms with Crippen molar-refractivity contribution in [2.75, 3.05) is 33.5 Å². The molecule has 1 amide bonds. The maximum atomic E-state index is 12.5. The number of rotatable bonds is 6. The summed E-state index contributed by atoms with van der Waals surface area (Å²) < 4.78 is 16.2. The number of amides is 1. The molecule has 0 aromatic heterocycles. The van der Waals surface area contributed by atoms with Crippen LogP contribution in [-0.4, -0.2) is 55.2 Å². The summed E-state index contributed by atoms with van der Waals surface area (Å²) in [5, 5.41) is 10.3. The Labute approximate surface area is 145 Å². The minimum atomic E-state index is -0.661. The van der Waals surface area contributed by atoms with Crippen LogP contribution < -0.4 is 9.47 Å². The number of hydrogen-bond acceptors (Lipinski definition) is 6.